The van der Waals surface area contributed by atoms with Crippen LogP contribution in [0.15, 0.2) is 73.2 Å². The van der Waals surface area contributed by atoms with E-state index in [1.807, 2.05) is 0 Å². The summed E-state index contributed by atoms with van der Waals surface area (Å²) in [6.07, 6.45) is 4.14. The molecule has 0 bridgehead atoms. The van der Waals surface area contributed by atoms with Crippen molar-refractivity contribution >= 4 is 65.0 Å². The van der Waals surface area contributed by atoms with E-state index in [-0.39, 0.29) is 50.5 Å². The van der Waals surface area contributed by atoms with Crippen molar-refractivity contribution in [2.45, 2.75) is 180 Å². The van der Waals surface area contributed by atoms with E-state index in [2.05, 4.69) is 63.1 Å². The number of nitrogens with zero attached hydrogens (tertiary/aromatic N) is 1. The number of rotatable bonds is 36. The van der Waals surface area contributed by atoms with Gasteiger partial charge in [0.1, 0.15) is 54.4 Å². The molecular weight excluding hydrogens is 1110 g/mol. The number of aromatic amines is 1. The zero-order valence-electron chi connectivity index (χ0n) is 50.5. The number of imidazole rings is 1. The highest BCUT2D eigenvalue weighted by molar-refractivity contribution is 5.99. The molecule has 11 atom stereocenters. The van der Waals surface area contributed by atoms with E-state index in [1.54, 1.807) is 116 Å². The van der Waals surface area contributed by atoms with Crippen molar-refractivity contribution in [1.29, 1.82) is 0 Å². The second-order valence-electron chi connectivity index (χ2n) is 23.0. The Kier molecular flexibility index (Phi) is 28.8. The standard InChI is InChI=1S/C60H90N14O12/c1-9-36(8)50(59(84)73-49(35(6)7)60(85)86)74-56(81)45(30-46(62)75)69-52(77)41(23-16-17-25-61)66-53(78)42(27-37-19-12-10-13-20-37)67-54(79)43(28-38-21-14-11-15-22-38)68-55(80)44(29-39-31-63-32-65-39)70-57(82)47(33(2)3)72-58(83)48(34(4)5)71-51(76)40-24-18-26-64-40/h10-15,19-22,31-36,40-45,47-50,64H,9,16-18,23-30,61H2,1-8H3,(H2,62,75)(H,63,65)(H,66,78)(H,67,79)(H,68,80)(H,69,77)(H,70,82)(H,71,76)(H,72,83)(H,73,84)(H,74,81)(H,85,86)/t36-,40-,41-,42-,43-,44-,45-,47-,48-,49-,50-/m0/s1. The van der Waals surface area contributed by atoms with Crippen LogP contribution < -0.4 is 64.6 Å². The number of hydrogen-bond acceptors (Lipinski definition) is 14. The van der Waals surface area contributed by atoms with Crippen LogP contribution in [0.25, 0.3) is 0 Å². The first-order valence-corrected chi connectivity index (χ1v) is 29.6. The molecule has 1 aromatic heterocycles. The third-order valence-corrected chi connectivity index (χ3v) is 15.0. The SMILES string of the molecule is CC[C@H](C)[C@H](NC(=O)[C@H](CC(N)=O)NC(=O)[C@H](CCCCN)NC(=O)[C@H](Cc1ccccc1)NC(=O)[C@H](Cc1ccccc1)NC(=O)[C@H](Cc1cnc[nH]1)NC(=O)[C@@H](NC(=O)[C@@H](NC(=O)[C@@H]1CCCN1)C(C)C)C(C)C)C(=O)N[C@H](C(=O)O)C(C)C. The molecule has 2 heterocycles. The maximum absolute atomic E-state index is 14.9. The van der Waals surface area contributed by atoms with Gasteiger partial charge in [-0.15, -0.1) is 0 Å². The summed E-state index contributed by atoms with van der Waals surface area (Å²) in [6, 6.07) is 4.75. The Balaban J connectivity index is 1.65. The number of nitrogens with two attached hydrogens (primary N) is 2. The van der Waals surface area contributed by atoms with Gasteiger partial charge in [0.05, 0.1) is 18.8 Å². The van der Waals surface area contributed by atoms with E-state index >= 15 is 0 Å². The molecule has 0 saturated carbocycles. The predicted molar refractivity (Wildman–Crippen MR) is 319 cm³/mol. The van der Waals surface area contributed by atoms with Gasteiger partial charge in [0.2, 0.25) is 59.1 Å². The predicted octanol–water partition coefficient (Wildman–Crippen LogP) is -0.344. The van der Waals surface area contributed by atoms with Gasteiger partial charge in [-0.25, -0.2) is 9.78 Å². The van der Waals surface area contributed by atoms with Gasteiger partial charge >= 0.3 is 5.97 Å². The highest BCUT2D eigenvalue weighted by Crippen LogP contribution is 2.15. The summed E-state index contributed by atoms with van der Waals surface area (Å²) < 4.78 is 0. The summed E-state index contributed by atoms with van der Waals surface area (Å²) in [6.45, 7) is 14.4. The van der Waals surface area contributed by atoms with Gasteiger partial charge in [0.15, 0.2) is 0 Å². The average molecular weight is 1200 g/mol. The molecule has 0 spiro atoms. The van der Waals surface area contributed by atoms with Crippen LogP contribution >= 0.6 is 0 Å². The summed E-state index contributed by atoms with van der Waals surface area (Å²) in [5.41, 5.74) is 13.0. The Morgan fingerprint density at radius 2 is 1.00 bits per heavy atom. The van der Waals surface area contributed by atoms with Gasteiger partial charge in [-0.2, -0.15) is 0 Å². The molecule has 1 saturated heterocycles. The first kappa shape index (κ1) is 70.2. The number of hydrogen-bond donors (Lipinski definition) is 14. The van der Waals surface area contributed by atoms with E-state index in [0.29, 0.717) is 42.6 Å². The number of nitrogens with one attached hydrogen (secondary N) is 11. The molecule has 3 aromatic rings. The Hall–Kier alpha value is -8.26. The Morgan fingerprint density at radius 1 is 0.558 bits per heavy atom. The largest absolute Gasteiger partial charge is 0.480 e. The first-order chi connectivity index (χ1) is 40.8. The van der Waals surface area contributed by atoms with Crippen LogP contribution in [0.1, 0.15) is 117 Å². The van der Waals surface area contributed by atoms with E-state index in [9.17, 15) is 57.8 Å². The number of carbonyl (C=O) groups is 11. The number of amides is 10. The van der Waals surface area contributed by atoms with Crippen molar-refractivity contribution in [2.75, 3.05) is 13.1 Å². The fraction of sp³-hybridized carbons (Fsp3) is 0.567. The number of aliphatic carboxylic acids is 1. The van der Waals surface area contributed by atoms with Crippen LogP contribution in [0, 0.1) is 23.7 Å². The maximum atomic E-state index is 14.9. The van der Waals surface area contributed by atoms with Crippen LogP contribution in [0.2, 0.25) is 0 Å². The van der Waals surface area contributed by atoms with Crippen molar-refractivity contribution in [3.8, 4) is 0 Å². The van der Waals surface area contributed by atoms with Crippen LogP contribution in [0.3, 0.4) is 0 Å². The lowest BCUT2D eigenvalue weighted by molar-refractivity contribution is -0.144. The van der Waals surface area contributed by atoms with E-state index < -0.39 is 144 Å². The molecular formula is C60H90N14O12. The lowest BCUT2D eigenvalue weighted by Gasteiger charge is -2.30. The van der Waals surface area contributed by atoms with Gasteiger partial charge in [-0.3, -0.25) is 47.9 Å². The van der Waals surface area contributed by atoms with Crippen molar-refractivity contribution in [2.24, 2.45) is 35.1 Å². The van der Waals surface area contributed by atoms with Gasteiger partial charge in [0, 0.05) is 31.2 Å². The van der Waals surface area contributed by atoms with Crippen molar-refractivity contribution in [3.05, 3.63) is 90.0 Å². The topological polar surface area (TPSA) is 409 Å². The van der Waals surface area contributed by atoms with Gasteiger partial charge in [-0.05, 0) is 80.0 Å². The minimum atomic E-state index is -1.68. The van der Waals surface area contributed by atoms with E-state index in [1.165, 1.54) is 12.5 Å². The number of carbonyl (C=O) groups excluding carboxylic acids is 10. The van der Waals surface area contributed by atoms with Crippen LogP contribution in [0.5, 0.6) is 0 Å². The monoisotopic (exact) mass is 1200 g/mol. The van der Waals surface area contributed by atoms with E-state index in [4.69, 9.17) is 11.5 Å². The molecule has 16 N–H and O–H groups in total. The Morgan fingerprint density at radius 3 is 1.47 bits per heavy atom. The summed E-state index contributed by atoms with van der Waals surface area (Å²) >= 11 is 0. The second-order valence-corrected chi connectivity index (χ2v) is 23.0. The van der Waals surface area contributed by atoms with E-state index in [0.717, 1.165) is 6.42 Å². The summed E-state index contributed by atoms with van der Waals surface area (Å²) in [5, 5.41) is 37.1. The molecule has 1 aliphatic heterocycles. The molecule has 0 radical (unpaired) electrons. The number of unbranched alkanes of at least 4 members (excludes halogenated alkanes) is 1. The number of primary amides is 1. The fourth-order valence-corrected chi connectivity index (χ4v) is 9.65. The van der Waals surface area contributed by atoms with Crippen molar-refractivity contribution in [1.82, 2.24) is 63.1 Å². The molecule has 2 aromatic carbocycles. The first-order valence-electron chi connectivity index (χ1n) is 29.6. The van der Waals surface area contributed by atoms with Crippen molar-refractivity contribution in [3.63, 3.8) is 0 Å². The van der Waals surface area contributed by atoms with Crippen LogP contribution in [-0.2, 0) is 72.0 Å². The molecule has 26 nitrogen and oxygen atoms in total. The summed E-state index contributed by atoms with van der Waals surface area (Å²) in [7, 11) is 0. The Bertz CT molecular complexity index is 2720. The third kappa shape index (κ3) is 22.6. The minimum Gasteiger partial charge on any atom is -0.480 e. The minimum absolute atomic E-state index is 0.0418. The number of carboxylic acid groups (broad SMARTS) is 1. The van der Waals surface area contributed by atoms with Gasteiger partial charge in [-0.1, -0.05) is 122 Å². The molecule has 0 unspecified atom stereocenters. The molecule has 10 amide bonds. The third-order valence-electron chi connectivity index (χ3n) is 15.0. The van der Waals surface area contributed by atoms with Crippen LogP contribution in [-0.4, -0.2) is 154 Å². The highest BCUT2D eigenvalue weighted by atomic mass is 16.4. The zero-order valence-corrected chi connectivity index (χ0v) is 50.5. The number of carboxylic acids is 1. The molecule has 86 heavy (non-hydrogen) atoms. The lowest BCUT2D eigenvalue weighted by atomic mass is 9.96. The second kappa shape index (κ2) is 35.3. The quantitative estimate of drug-likeness (QED) is 0.0331. The highest BCUT2D eigenvalue weighted by Gasteiger charge is 2.38. The molecule has 472 valence electrons. The average Bonchev–Trinajstić information content (AvgIpc) is 3.18. The number of H-pyrrole nitrogens is 1. The molecule has 4 rings (SSSR count). The van der Waals surface area contributed by atoms with Crippen LogP contribution in [0.4, 0.5) is 0 Å². The smallest absolute Gasteiger partial charge is 0.326 e. The fourth-order valence-electron chi connectivity index (χ4n) is 9.65. The van der Waals surface area contributed by atoms with Crippen molar-refractivity contribution < 1.29 is 57.8 Å². The van der Waals surface area contributed by atoms with Gasteiger partial charge in [0.25, 0.3) is 0 Å². The van der Waals surface area contributed by atoms with Gasteiger partial charge < -0.3 is 74.7 Å². The zero-order chi connectivity index (χ0) is 63.6. The molecule has 1 fully saturated rings. The lowest BCUT2D eigenvalue weighted by Crippen LogP contribution is -2.62. The number of benzene rings is 2. The normalized spacial score (nSPS) is 16.5. The molecule has 1 aliphatic rings. The summed E-state index contributed by atoms with van der Waals surface area (Å²) in [5.74, 6) is -11.2. The summed E-state index contributed by atoms with van der Waals surface area (Å²) in [4.78, 5) is 159. The number of aromatic nitrogens is 2. The molecule has 26 heteroatoms. The Labute approximate surface area is 502 Å². The maximum Gasteiger partial charge on any atom is 0.326 e. The molecule has 0 aliphatic carbocycles.